The van der Waals surface area contributed by atoms with Crippen molar-refractivity contribution in [2.24, 2.45) is 0 Å². The number of nitrogens with one attached hydrogen (secondary N) is 1. The standard InChI is InChI=1S/C18H15NO/c20-18-15-8-4-7-14-13(9-10-16(19-18)17(14)15)11-12-5-2-1-3-6-12/h1-10,18-20H,11H2. The predicted molar refractivity (Wildman–Crippen MR) is 81.8 cm³/mol. The highest BCUT2D eigenvalue weighted by Gasteiger charge is 2.22. The number of benzene rings is 3. The molecule has 0 saturated heterocycles. The maximum Gasteiger partial charge on any atom is 0.151 e. The van der Waals surface area contributed by atoms with Crippen molar-refractivity contribution in [1.82, 2.24) is 0 Å². The van der Waals surface area contributed by atoms with Crippen LogP contribution in [0.2, 0.25) is 0 Å². The lowest BCUT2D eigenvalue weighted by atomic mass is 9.96. The molecule has 0 fully saturated rings. The van der Waals surface area contributed by atoms with E-state index in [0.717, 1.165) is 23.1 Å². The number of hydrogen-bond donors (Lipinski definition) is 2. The van der Waals surface area contributed by atoms with Gasteiger partial charge in [-0.25, -0.2) is 0 Å². The maximum atomic E-state index is 10.0. The minimum absolute atomic E-state index is 0.583. The van der Waals surface area contributed by atoms with Crippen LogP contribution in [0.3, 0.4) is 0 Å². The van der Waals surface area contributed by atoms with Crippen LogP contribution in [-0.4, -0.2) is 5.11 Å². The Morgan fingerprint density at radius 2 is 1.75 bits per heavy atom. The molecule has 1 heterocycles. The van der Waals surface area contributed by atoms with Gasteiger partial charge >= 0.3 is 0 Å². The third-order valence-corrected chi connectivity index (χ3v) is 3.99. The van der Waals surface area contributed by atoms with Gasteiger partial charge in [0.2, 0.25) is 0 Å². The Morgan fingerprint density at radius 1 is 0.900 bits per heavy atom. The first-order chi connectivity index (χ1) is 9.83. The van der Waals surface area contributed by atoms with Gasteiger partial charge in [-0.3, -0.25) is 0 Å². The van der Waals surface area contributed by atoms with Crippen molar-refractivity contribution in [1.29, 1.82) is 0 Å². The second-order valence-electron chi connectivity index (χ2n) is 5.25. The van der Waals surface area contributed by atoms with E-state index >= 15 is 0 Å². The van der Waals surface area contributed by atoms with Crippen LogP contribution >= 0.6 is 0 Å². The summed E-state index contributed by atoms with van der Waals surface area (Å²) in [6, 6.07) is 20.8. The lowest BCUT2D eigenvalue weighted by Gasteiger charge is -2.08. The Morgan fingerprint density at radius 3 is 2.60 bits per heavy atom. The van der Waals surface area contributed by atoms with Gasteiger partial charge in [0.1, 0.15) is 0 Å². The zero-order valence-electron chi connectivity index (χ0n) is 11.0. The Labute approximate surface area is 117 Å². The van der Waals surface area contributed by atoms with Crippen LogP contribution in [-0.2, 0) is 6.42 Å². The summed E-state index contributed by atoms with van der Waals surface area (Å²) in [6.45, 7) is 0. The van der Waals surface area contributed by atoms with Crippen molar-refractivity contribution in [2.45, 2.75) is 12.6 Å². The van der Waals surface area contributed by atoms with Gasteiger partial charge in [0.05, 0.1) is 0 Å². The topological polar surface area (TPSA) is 32.3 Å². The first-order valence-electron chi connectivity index (χ1n) is 6.86. The molecule has 20 heavy (non-hydrogen) atoms. The van der Waals surface area contributed by atoms with E-state index in [-0.39, 0.29) is 0 Å². The molecule has 2 N–H and O–H groups in total. The highest BCUT2D eigenvalue weighted by Crippen LogP contribution is 2.39. The quantitative estimate of drug-likeness (QED) is 0.734. The van der Waals surface area contributed by atoms with Crippen LogP contribution < -0.4 is 5.32 Å². The maximum absolute atomic E-state index is 10.0. The number of anilines is 1. The Bertz CT molecular complexity index is 780. The molecule has 0 amide bonds. The van der Waals surface area contributed by atoms with Gasteiger partial charge in [-0.15, -0.1) is 0 Å². The van der Waals surface area contributed by atoms with Gasteiger partial charge in [-0.05, 0) is 29.0 Å². The minimum atomic E-state index is -0.583. The van der Waals surface area contributed by atoms with E-state index in [2.05, 4.69) is 47.8 Å². The first-order valence-corrected chi connectivity index (χ1v) is 6.86. The molecule has 0 aliphatic carbocycles. The smallest absolute Gasteiger partial charge is 0.151 e. The Kier molecular flexibility index (Phi) is 2.51. The van der Waals surface area contributed by atoms with Gasteiger partial charge in [-0.1, -0.05) is 54.6 Å². The Hall–Kier alpha value is -2.32. The summed E-state index contributed by atoms with van der Waals surface area (Å²) < 4.78 is 0. The van der Waals surface area contributed by atoms with E-state index in [1.54, 1.807) is 0 Å². The van der Waals surface area contributed by atoms with Crippen molar-refractivity contribution in [3.8, 4) is 0 Å². The fourth-order valence-electron chi connectivity index (χ4n) is 3.04. The average Bonchev–Trinajstić information content (AvgIpc) is 2.82. The molecule has 0 spiro atoms. The molecule has 1 atom stereocenters. The zero-order valence-corrected chi connectivity index (χ0v) is 11.0. The van der Waals surface area contributed by atoms with Gasteiger partial charge in [0.15, 0.2) is 6.23 Å². The van der Waals surface area contributed by atoms with Gasteiger partial charge in [0.25, 0.3) is 0 Å². The van der Waals surface area contributed by atoms with Crippen LogP contribution in [0.15, 0.2) is 60.7 Å². The third kappa shape index (κ3) is 1.69. The lowest BCUT2D eigenvalue weighted by Crippen LogP contribution is -2.01. The SMILES string of the molecule is OC1Nc2ccc(Cc3ccccc3)c3cccc1c23. The van der Waals surface area contributed by atoms with Crippen LogP contribution in [0.4, 0.5) is 5.69 Å². The molecule has 1 aliphatic rings. The first kappa shape index (κ1) is 11.5. The number of hydrogen-bond acceptors (Lipinski definition) is 2. The van der Waals surface area contributed by atoms with E-state index in [9.17, 15) is 5.11 Å². The van der Waals surface area contributed by atoms with Crippen molar-refractivity contribution in [3.05, 3.63) is 77.4 Å². The van der Waals surface area contributed by atoms with Gasteiger partial charge < -0.3 is 10.4 Å². The summed E-state index contributed by atoms with van der Waals surface area (Å²) in [5, 5.41) is 15.5. The monoisotopic (exact) mass is 261 g/mol. The van der Waals surface area contributed by atoms with Crippen LogP contribution in [0, 0.1) is 0 Å². The molecule has 0 radical (unpaired) electrons. The normalized spacial score (nSPS) is 16.4. The Balaban J connectivity index is 1.88. The third-order valence-electron chi connectivity index (χ3n) is 3.99. The van der Waals surface area contributed by atoms with E-state index < -0.39 is 6.23 Å². The number of rotatable bonds is 2. The summed E-state index contributed by atoms with van der Waals surface area (Å²) in [4.78, 5) is 0. The van der Waals surface area contributed by atoms with Crippen LogP contribution in [0.5, 0.6) is 0 Å². The van der Waals surface area contributed by atoms with Crippen LogP contribution in [0.25, 0.3) is 10.8 Å². The fourth-order valence-corrected chi connectivity index (χ4v) is 3.04. The van der Waals surface area contributed by atoms with Crippen LogP contribution in [0.1, 0.15) is 22.9 Å². The summed E-state index contributed by atoms with van der Waals surface area (Å²) in [6.07, 6.45) is 0.331. The fraction of sp³-hybridized carbons (Fsp3) is 0.111. The molecule has 0 saturated carbocycles. The van der Waals surface area contributed by atoms with E-state index in [1.807, 2.05) is 18.2 Å². The molecular formula is C18H15NO. The highest BCUT2D eigenvalue weighted by atomic mass is 16.3. The van der Waals surface area contributed by atoms with Crippen molar-refractivity contribution >= 4 is 16.5 Å². The largest absolute Gasteiger partial charge is 0.369 e. The second-order valence-corrected chi connectivity index (χ2v) is 5.25. The lowest BCUT2D eigenvalue weighted by molar-refractivity contribution is 0.213. The molecule has 2 heteroatoms. The summed E-state index contributed by atoms with van der Waals surface area (Å²) in [5.74, 6) is 0. The molecule has 2 nitrogen and oxygen atoms in total. The number of aliphatic hydroxyl groups excluding tert-OH is 1. The molecule has 3 aromatic carbocycles. The molecule has 1 aliphatic heterocycles. The average molecular weight is 261 g/mol. The van der Waals surface area contributed by atoms with Gasteiger partial charge in [-0.2, -0.15) is 0 Å². The number of aliphatic hydroxyl groups is 1. The predicted octanol–water partition coefficient (Wildman–Crippen LogP) is 3.85. The summed E-state index contributed by atoms with van der Waals surface area (Å²) in [7, 11) is 0. The van der Waals surface area contributed by atoms with Gasteiger partial charge in [0, 0.05) is 16.6 Å². The second kappa shape index (κ2) is 4.36. The van der Waals surface area contributed by atoms with Crippen molar-refractivity contribution < 1.29 is 5.11 Å². The van der Waals surface area contributed by atoms with Crippen molar-refractivity contribution in [2.75, 3.05) is 5.32 Å². The molecule has 0 aromatic heterocycles. The zero-order chi connectivity index (χ0) is 13.5. The molecule has 3 aromatic rings. The van der Waals surface area contributed by atoms with E-state index in [0.29, 0.717) is 0 Å². The molecule has 0 bridgehead atoms. The highest BCUT2D eigenvalue weighted by molar-refractivity contribution is 6.01. The molecule has 98 valence electrons. The summed E-state index contributed by atoms with van der Waals surface area (Å²) >= 11 is 0. The van der Waals surface area contributed by atoms with Crippen molar-refractivity contribution in [3.63, 3.8) is 0 Å². The molecular weight excluding hydrogens is 246 g/mol. The molecule has 4 rings (SSSR count). The minimum Gasteiger partial charge on any atom is -0.369 e. The summed E-state index contributed by atoms with van der Waals surface area (Å²) in [5.41, 5.74) is 4.61. The van der Waals surface area contributed by atoms with E-state index in [4.69, 9.17) is 0 Å². The van der Waals surface area contributed by atoms with E-state index in [1.165, 1.54) is 16.5 Å². The molecule has 1 unspecified atom stereocenters.